The number of rotatable bonds is 2. The van der Waals surface area contributed by atoms with E-state index in [1.807, 2.05) is 35.8 Å². The van der Waals surface area contributed by atoms with Gasteiger partial charge in [0.2, 0.25) is 0 Å². The third-order valence-electron chi connectivity index (χ3n) is 3.30. The molecule has 0 bridgehead atoms. The van der Waals surface area contributed by atoms with Crippen LogP contribution in [0.4, 0.5) is 0 Å². The molecular weight excluding hydrogens is 394 g/mol. The molecule has 1 aromatic heterocycles. The number of imidazole rings is 1. The van der Waals surface area contributed by atoms with Crippen LogP contribution >= 0.6 is 50.7 Å². The molecule has 2 aromatic carbocycles. The van der Waals surface area contributed by atoms with Gasteiger partial charge in [-0.05, 0) is 46.6 Å². The molecule has 2 nitrogen and oxygen atoms in total. The average molecular weight is 405 g/mol. The van der Waals surface area contributed by atoms with Gasteiger partial charge in [-0.3, -0.25) is 4.57 Å². The molecule has 0 aliphatic carbocycles. The van der Waals surface area contributed by atoms with Gasteiger partial charge in [0, 0.05) is 4.47 Å². The van der Waals surface area contributed by atoms with Crippen molar-refractivity contribution in [3.63, 3.8) is 0 Å². The minimum absolute atomic E-state index is 0.296. The number of benzene rings is 2. The van der Waals surface area contributed by atoms with Crippen LogP contribution < -0.4 is 0 Å². The zero-order valence-corrected chi connectivity index (χ0v) is 14.9. The van der Waals surface area contributed by atoms with Crippen LogP contribution in [0.15, 0.2) is 34.8 Å². The molecule has 0 atom stereocenters. The Hall–Kier alpha value is -0.740. The van der Waals surface area contributed by atoms with Gasteiger partial charge in [-0.15, -0.1) is 11.6 Å². The van der Waals surface area contributed by atoms with Crippen LogP contribution in [-0.2, 0) is 5.88 Å². The summed E-state index contributed by atoms with van der Waals surface area (Å²) < 4.78 is 3.00. The zero-order valence-electron chi connectivity index (χ0n) is 11.0. The molecule has 0 saturated heterocycles. The molecule has 0 aliphatic heterocycles. The second-order valence-corrected chi connectivity index (χ2v) is 6.53. The lowest BCUT2D eigenvalue weighted by atomic mass is 10.2. The van der Waals surface area contributed by atoms with Gasteiger partial charge in [-0.1, -0.05) is 35.3 Å². The lowest BCUT2D eigenvalue weighted by Crippen LogP contribution is -2.01. The van der Waals surface area contributed by atoms with Gasteiger partial charge in [-0.2, -0.15) is 0 Å². The Balaban J connectivity index is 2.40. The van der Waals surface area contributed by atoms with Crippen molar-refractivity contribution in [2.24, 2.45) is 0 Å². The lowest BCUT2D eigenvalue weighted by Gasteiger charge is -2.12. The second-order valence-electron chi connectivity index (χ2n) is 4.66. The molecule has 3 aromatic rings. The molecule has 0 saturated carbocycles. The monoisotopic (exact) mass is 402 g/mol. The Morgan fingerprint density at radius 1 is 1.19 bits per heavy atom. The number of hydrogen-bond donors (Lipinski definition) is 0. The highest BCUT2D eigenvalue weighted by Crippen LogP contribution is 2.33. The van der Waals surface area contributed by atoms with E-state index in [0.29, 0.717) is 15.9 Å². The van der Waals surface area contributed by atoms with Crippen LogP contribution in [0.3, 0.4) is 0 Å². The Morgan fingerprint density at radius 3 is 2.62 bits per heavy atom. The summed E-state index contributed by atoms with van der Waals surface area (Å²) in [6.07, 6.45) is 0. The average Bonchev–Trinajstić information content (AvgIpc) is 2.80. The van der Waals surface area contributed by atoms with Crippen molar-refractivity contribution >= 4 is 61.8 Å². The Labute approximate surface area is 145 Å². The number of hydrogen-bond acceptors (Lipinski definition) is 1. The molecule has 0 aliphatic rings. The van der Waals surface area contributed by atoms with Crippen molar-refractivity contribution in [2.75, 3.05) is 0 Å². The first-order valence-electron chi connectivity index (χ1n) is 6.20. The van der Waals surface area contributed by atoms with E-state index in [2.05, 4.69) is 20.9 Å². The normalized spacial score (nSPS) is 11.3. The summed E-state index contributed by atoms with van der Waals surface area (Å²) in [4.78, 5) is 4.55. The fourth-order valence-electron chi connectivity index (χ4n) is 2.29. The fourth-order valence-corrected chi connectivity index (χ4v) is 3.22. The van der Waals surface area contributed by atoms with Crippen LogP contribution in [0.1, 0.15) is 11.4 Å². The Kier molecular flexibility index (Phi) is 4.19. The van der Waals surface area contributed by atoms with Crippen molar-refractivity contribution in [3.05, 3.63) is 56.2 Å². The second kappa shape index (κ2) is 5.81. The first-order valence-corrected chi connectivity index (χ1v) is 8.29. The first kappa shape index (κ1) is 15.2. The number of fused-ring (bicyclic) bond motifs is 1. The van der Waals surface area contributed by atoms with Gasteiger partial charge in [0.25, 0.3) is 0 Å². The van der Waals surface area contributed by atoms with E-state index in [9.17, 15) is 0 Å². The number of aryl methyl sites for hydroxylation is 1. The fraction of sp³-hybridized carbons (Fsp3) is 0.133. The maximum absolute atomic E-state index is 6.15. The summed E-state index contributed by atoms with van der Waals surface area (Å²) in [5.74, 6) is 1.04. The zero-order chi connectivity index (χ0) is 15.1. The van der Waals surface area contributed by atoms with E-state index < -0.39 is 0 Å². The molecule has 0 radical (unpaired) electrons. The third-order valence-corrected chi connectivity index (χ3v) is 5.29. The van der Waals surface area contributed by atoms with Crippen LogP contribution in [0.2, 0.25) is 10.0 Å². The first-order chi connectivity index (χ1) is 10.0. The van der Waals surface area contributed by atoms with Crippen molar-refractivity contribution in [2.45, 2.75) is 12.8 Å². The summed E-state index contributed by atoms with van der Waals surface area (Å²) in [5, 5.41) is 0.980. The Morgan fingerprint density at radius 2 is 1.90 bits per heavy atom. The van der Waals surface area contributed by atoms with Crippen LogP contribution in [-0.4, -0.2) is 9.55 Å². The summed E-state index contributed by atoms with van der Waals surface area (Å²) >= 11 is 21.9. The highest BCUT2D eigenvalue weighted by Gasteiger charge is 2.16. The summed E-state index contributed by atoms with van der Waals surface area (Å²) in [6.45, 7) is 2.04. The minimum Gasteiger partial charge on any atom is -0.294 e. The van der Waals surface area contributed by atoms with Gasteiger partial charge in [-0.25, -0.2) is 4.98 Å². The van der Waals surface area contributed by atoms with Crippen molar-refractivity contribution in [3.8, 4) is 5.69 Å². The highest BCUT2D eigenvalue weighted by molar-refractivity contribution is 9.10. The van der Waals surface area contributed by atoms with Crippen LogP contribution in [0.5, 0.6) is 0 Å². The molecule has 0 fully saturated rings. The molecule has 0 amide bonds. The molecule has 0 unspecified atom stereocenters. The van der Waals surface area contributed by atoms with E-state index in [1.54, 1.807) is 6.07 Å². The van der Waals surface area contributed by atoms with E-state index in [0.717, 1.165) is 32.6 Å². The van der Waals surface area contributed by atoms with Crippen molar-refractivity contribution in [1.29, 1.82) is 0 Å². The Bertz CT molecular complexity index is 843. The van der Waals surface area contributed by atoms with Gasteiger partial charge in [0.1, 0.15) is 5.82 Å². The van der Waals surface area contributed by atoms with E-state index in [4.69, 9.17) is 34.8 Å². The highest BCUT2D eigenvalue weighted by atomic mass is 79.9. The predicted octanol–water partition coefficient (Wildman–Crippen LogP) is 6.14. The molecule has 6 heteroatoms. The summed E-state index contributed by atoms with van der Waals surface area (Å²) in [5.41, 5.74) is 3.77. The molecule has 1 heterocycles. The third kappa shape index (κ3) is 2.57. The van der Waals surface area contributed by atoms with Gasteiger partial charge in [0.15, 0.2) is 0 Å². The van der Waals surface area contributed by atoms with E-state index in [-0.39, 0.29) is 0 Å². The molecule has 108 valence electrons. The SMILES string of the molecule is Cc1cccc(-n2c(CCl)nc3cc(Cl)c(Cl)cc32)c1Br. The maximum atomic E-state index is 6.15. The topological polar surface area (TPSA) is 17.8 Å². The molecule has 0 N–H and O–H groups in total. The molecule has 21 heavy (non-hydrogen) atoms. The van der Waals surface area contributed by atoms with Gasteiger partial charge < -0.3 is 0 Å². The maximum Gasteiger partial charge on any atom is 0.129 e. The van der Waals surface area contributed by atoms with E-state index >= 15 is 0 Å². The number of alkyl halides is 1. The minimum atomic E-state index is 0.296. The van der Waals surface area contributed by atoms with Gasteiger partial charge in [0.05, 0.1) is 32.6 Å². The summed E-state index contributed by atoms with van der Waals surface area (Å²) in [6, 6.07) is 9.62. The quantitative estimate of drug-likeness (QED) is 0.469. The smallest absolute Gasteiger partial charge is 0.129 e. The number of halogens is 4. The lowest BCUT2D eigenvalue weighted by molar-refractivity contribution is 0.974. The van der Waals surface area contributed by atoms with Gasteiger partial charge >= 0.3 is 0 Å². The van der Waals surface area contributed by atoms with Crippen LogP contribution in [0.25, 0.3) is 16.7 Å². The molecule has 0 spiro atoms. The standard InChI is InChI=1S/C15H10BrCl3N2/c1-8-3-2-4-12(15(8)16)21-13-6-10(19)9(18)5-11(13)20-14(21)7-17/h2-6H,7H2,1H3. The summed E-state index contributed by atoms with van der Waals surface area (Å²) in [7, 11) is 0. The number of aromatic nitrogens is 2. The predicted molar refractivity (Wildman–Crippen MR) is 93.1 cm³/mol. The molecule has 3 rings (SSSR count). The number of nitrogens with zero attached hydrogens (tertiary/aromatic N) is 2. The van der Waals surface area contributed by atoms with Crippen molar-refractivity contribution < 1.29 is 0 Å². The largest absolute Gasteiger partial charge is 0.294 e. The van der Waals surface area contributed by atoms with Crippen molar-refractivity contribution in [1.82, 2.24) is 9.55 Å². The van der Waals surface area contributed by atoms with E-state index in [1.165, 1.54) is 0 Å². The van der Waals surface area contributed by atoms with Crippen LogP contribution in [0, 0.1) is 6.92 Å². The molecular formula is C15H10BrCl3N2.